The summed E-state index contributed by atoms with van der Waals surface area (Å²) in [5, 5.41) is 8.46. The topological polar surface area (TPSA) is 37.3 Å². The van der Waals surface area contributed by atoms with Gasteiger partial charge in [-0.25, -0.2) is 0 Å². The fraction of sp³-hybridized carbons (Fsp3) is 0.308. The van der Waals surface area contributed by atoms with E-state index in [0.29, 0.717) is 6.42 Å². The van der Waals surface area contributed by atoms with E-state index in [1.165, 1.54) is 4.90 Å². The van der Waals surface area contributed by atoms with Crippen LogP contribution in [0.2, 0.25) is 0 Å². The van der Waals surface area contributed by atoms with Gasteiger partial charge >= 0.3 is 5.97 Å². The Labute approximate surface area is 100 Å². The molecule has 0 aromatic heterocycles. The zero-order valence-corrected chi connectivity index (χ0v) is 10.2. The maximum absolute atomic E-state index is 10.3. The largest absolute Gasteiger partial charge is 0.481 e. The van der Waals surface area contributed by atoms with Crippen molar-refractivity contribution in [2.24, 2.45) is 0 Å². The number of hydrogen-bond acceptors (Lipinski definition) is 2. The molecule has 0 spiro atoms. The molecule has 1 N–H and O–H groups in total. The van der Waals surface area contributed by atoms with Gasteiger partial charge in [-0.2, -0.15) is 0 Å². The summed E-state index contributed by atoms with van der Waals surface area (Å²) in [6.07, 6.45) is 7.88. The number of rotatable bonds is 6. The molecule has 0 amide bonds. The van der Waals surface area contributed by atoms with Crippen molar-refractivity contribution in [3.8, 4) is 0 Å². The van der Waals surface area contributed by atoms with Crippen LogP contribution in [0.25, 0.3) is 6.08 Å². The Morgan fingerprint density at radius 1 is 1.38 bits per heavy atom. The normalized spacial score (nSPS) is 10.8. The minimum absolute atomic E-state index is 0.246. The van der Waals surface area contributed by atoms with Crippen LogP contribution in [-0.2, 0) is 4.79 Å². The van der Waals surface area contributed by atoms with Gasteiger partial charge in [0.2, 0.25) is 0 Å². The molecule has 0 atom stereocenters. The van der Waals surface area contributed by atoms with Gasteiger partial charge in [0, 0.05) is 11.3 Å². The van der Waals surface area contributed by atoms with Gasteiger partial charge in [0.15, 0.2) is 0 Å². The fourth-order valence-electron chi connectivity index (χ4n) is 1.31. The number of thioether (sulfide) groups is 1. The van der Waals surface area contributed by atoms with E-state index in [0.717, 1.165) is 12.0 Å². The summed E-state index contributed by atoms with van der Waals surface area (Å²) in [5.41, 5.74) is 1.16. The van der Waals surface area contributed by atoms with Crippen LogP contribution >= 0.6 is 11.8 Å². The summed E-state index contributed by atoms with van der Waals surface area (Å²) in [5.74, 6) is -0.724. The van der Waals surface area contributed by atoms with E-state index in [9.17, 15) is 4.79 Å². The number of aliphatic carboxylic acids is 1. The van der Waals surface area contributed by atoms with Gasteiger partial charge in [-0.15, -0.1) is 11.8 Å². The van der Waals surface area contributed by atoms with Crippen molar-refractivity contribution in [1.29, 1.82) is 0 Å². The first kappa shape index (κ1) is 12.8. The van der Waals surface area contributed by atoms with E-state index < -0.39 is 5.97 Å². The second-order valence-corrected chi connectivity index (χ2v) is 4.34. The van der Waals surface area contributed by atoms with Crippen molar-refractivity contribution < 1.29 is 9.90 Å². The Hall–Kier alpha value is -1.22. The molecule has 0 heterocycles. The van der Waals surface area contributed by atoms with Gasteiger partial charge in [-0.05, 0) is 36.8 Å². The van der Waals surface area contributed by atoms with E-state index in [1.54, 1.807) is 11.8 Å². The molecule has 0 aliphatic rings. The zero-order chi connectivity index (χ0) is 11.8. The number of carbonyl (C=O) groups is 1. The lowest BCUT2D eigenvalue weighted by Gasteiger charge is -1.97. The quantitative estimate of drug-likeness (QED) is 0.604. The molecule has 0 unspecified atom stereocenters. The molecule has 1 rings (SSSR count). The second kappa shape index (κ2) is 7.12. The lowest BCUT2D eigenvalue weighted by Crippen LogP contribution is -1.92. The number of unbranched alkanes of at least 4 members (excludes halogenated alkanes) is 1. The van der Waals surface area contributed by atoms with Gasteiger partial charge in [0.1, 0.15) is 0 Å². The van der Waals surface area contributed by atoms with Gasteiger partial charge < -0.3 is 5.11 Å². The Bertz CT molecular complexity index is 355. The molecule has 3 heteroatoms. The van der Waals surface area contributed by atoms with Crippen LogP contribution in [0.4, 0.5) is 0 Å². The van der Waals surface area contributed by atoms with Crippen LogP contribution in [-0.4, -0.2) is 17.3 Å². The van der Waals surface area contributed by atoms with E-state index in [1.807, 2.05) is 12.2 Å². The number of allylic oxidation sites excluding steroid dienone is 1. The summed E-state index contributed by atoms with van der Waals surface area (Å²) < 4.78 is 0. The molecule has 0 radical (unpaired) electrons. The van der Waals surface area contributed by atoms with Crippen molar-refractivity contribution in [1.82, 2.24) is 0 Å². The molecule has 1 aromatic rings. The molecular weight excluding hydrogens is 220 g/mol. The van der Waals surface area contributed by atoms with Crippen LogP contribution < -0.4 is 0 Å². The Morgan fingerprint density at radius 3 is 2.62 bits per heavy atom. The first-order valence-corrected chi connectivity index (χ1v) is 6.47. The summed E-state index contributed by atoms with van der Waals surface area (Å²) in [6.45, 7) is 0. The summed E-state index contributed by atoms with van der Waals surface area (Å²) >= 11 is 1.72. The average molecular weight is 236 g/mol. The van der Waals surface area contributed by atoms with Crippen molar-refractivity contribution in [2.75, 3.05) is 6.26 Å². The fourth-order valence-corrected chi connectivity index (χ4v) is 1.71. The van der Waals surface area contributed by atoms with Gasteiger partial charge in [-0.3, -0.25) is 4.79 Å². The predicted molar refractivity (Wildman–Crippen MR) is 68.7 cm³/mol. The highest BCUT2D eigenvalue weighted by Gasteiger charge is 1.93. The smallest absolute Gasteiger partial charge is 0.303 e. The molecule has 0 saturated heterocycles. The summed E-state index contributed by atoms with van der Waals surface area (Å²) in [7, 11) is 0. The monoisotopic (exact) mass is 236 g/mol. The second-order valence-electron chi connectivity index (χ2n) is 3.46. The van der Waals surface area contributed by atoms with Crippen LogP contribution in [0.1, 0.15) is 24.8 Å². The molecule has 0 aliphatic carbocycles. The number of carboxylic acid groups (broad SMARTS) is 1. The zero-order valence-electron chi connectivity index (χ0n) is 9.35. The maximum atomic E-state index is 10.3. The number of carboxylic acids is 1. The van der Waals surface area contributed by atoms with Crippen molar-refractivity contribution in [3.05, 3.63) is 35.9 Å². The van der Waals surface area contributed by atoms with E-state index in [-0.39, 0.29) is 6.42 Å². The van der Waals surface area contributed by atoms with Crippen molar-refractivity contribution in [2.45, 2.75) is 24.2 Å². The lowest BCUT2D eigenvalue weighted by molar-refractivity contribution is -0.137. The van der Waals surface area contributed by atoms with E-state index in [2.05, 4.69) is 30.5 Å². The van der Waals surface area contributed by atoms with Crippen LogP contribution in [0.5, 0.6) is 0 Å². The molecule has 16 heavy (non-hydrogen) atoms. The molecular formula is C13H16O2S. The van der Waals surface area contributed by atoms with Crippen LogP contribution in [0.15, 0.2) is 35.2 Å². The Morgan fingerprint density at radius 2 is 2.06 bits per heavy atom. The van der Waals surface area contributed by atoms with Gasteiger partial charge in [-0.1, -0.05) is 24.3 Å². The van der Waals surface area contributed by atoms with E-state index in [4.69, 9.17) is 5.11 Å². The summed E-state index contributed by atoms with van der Waals surface area (Å²) in [4.78, 5) is 11.5. The molecule has 0 aliphatic heterocycles. The Balaban J connectivity index is 2.35. The third-order valence-corrected chi connectivity index (χ3v) is 2.93. The highest BCUT2D eigenvalue weighted by atomic mass is 32.2. The average Bonchev–Trinajstić information content (AvgIpc) is 2.29. The van der Waals surface area contributed by atoms with Crippen LogP contribution in [0.3, 0.4) is 0 Å². The highest BCUT2D eigenvalue weighted by molar-refractivity contribution is 7.98. The third-order valence-electron chi connectivity index (χ3n) is 2.19. The maximum Gasteiger partial charge on any atom is 0.303 e. The van der Waals surface area contributed by atoms with Crippen molar-refractivity contribution in [3.63, 3.8) is 0 Å². The SMILES string of the molecule is CSc1ccc(/C=C/CCCC(=O)O)cc1. The lowest BCUT2D eigenvalue weighted by atomic mass is 10.1. The number of benzene rings is 1. The molecule has 0 fully saturated rings. The first-order valence-electron chi connectivity index (χ1n) is 5.25. The molecule has 86 valence electrons. The first-order chi connectivity index (χ1) is 7.72. The Kier molecular flexibility index (Phi) is 5.72. The summed E-state index contributed by atoms with van der Waals surface area (Å²) in [6, 6.07) is 8.31. The minimum Gasteiger partial charge on any atom is -0.481 e. The molecule has 1 aromatic carbocycles. The van der Waals surface area contributed by atoms with Crippen LogP contribution in [0, 0.1) is 0 Å². The predicted octanol–water partition coefficient (Wildman–Crippen LogP) is 3.68. The molecule has 2 nitrogen and oxygen atoms in total. The van der Waals surface area contributed by atoms with Gasteiger partial charge in [0.25, 0.3) is 0 Å². The minimum atomic E-state index is -0.724. The highest BCUT2D eigenvalue weighted by Crippen LogP contribution is 2.15. The van der Waals surface area contributed by atoms with Crippen molar-refractivity contribution >= 4 is 23.8 Å². The molecule has 0 bridgehead atoms. The number of hydrogen-bond donors (Lipinski definition) is 1. The molecule has 0 saturated carbocycles. The van der Waals surface area contributed by atoms with E-state index >= 15 is 0 Å². The standard InChI is InChI=1S/C13H16O2S/c1-16-12-9-7-11(8-10-12)5-3-2-4-6-13(14)15/h3,5,7-10H,2,4,6H2,1H3,(H,14,15)/b5-3+. The van der Waals surface area contributed by atoms with Gasteiger partial charge in [0.05, 0.1) is 0 Å². The third kappa shape index (κ3) is 5.03.